The summed E-state index contributed by atoms with van der Waals surface area (Å²) in [6.07, 6.45) is 0. The van der Waals surface area contributed by atoms with Gasteiger partial charge in [-0.15, -0.1) is 0 Å². The number of benzene rings is 2. The quantitative estimate of drug-likeness (QED) is 0.849. The van der Waals surface area contributed by atoms with Crippen molar-refractivity contribution >= 4 is 0 Å². The van der Waals surface area contributed by atoms with Crippen LogP contribution in [0.25, 0.3) is 0 Å². The molecule has 0 bridgehead atoms. The Hall–Kier alpha value is -2.27. The van der Waals surface area contributed by atoms with Crippen LogP contribution in [-0.2, 0) is 5.41 Å². The zero-order valence-electron chi connectivity index (χ0n) is 9.59. The molecule has 84 valence electrons. The van der Waals surface area contributed by atoms with Gasteiger partial charge in [0, 0.05) is 0 Å². The molecule has 1 unspecified atom stereocenters. The Morgan fingerprint density at radius 3 is 2.00 bits per heavy atom. The number of hydrogen-bond donors (Lipinski definition) is 1. The van der Waals surface area contributed by atoms with Crippen molar-refractivity contribution in [2.24, 2.45) is 0 Å². The van der Waals surface area contributed by atoms with Crippen LogP contribution in [-0.4, -0.2) is 5.11 Å². The number of rotatable bonds is 2. The predicted molar refractivity (Wildman–Crippen MR) is 66.6 cm³/mol. The number of nitrogens with zero attached hydrogens (tertiary/aromatic N) is 1. The van der Waals surface area contributed by atoms with Gasteiger partial charge in [-0.05, 0) is 30.2 Å². The Labute approximate surface area is 101 Å². The molecule has 0 spiro atoms. The van der Waals surface area contributed by atoms with Gasteiger partial charge in [-0.25, -0.2) is 0 Å². The Balaban J connectivity index is 2.53. The molecule has 2 aromatic carbocycles. The van der Waals surface area contributed by atoms with Crippen molar-refractivity contribution in [3.63, 3.8) is 0 Å². The minimum atomic E-state index is -0.686. The van der Waals surface area contributed by atoms with E-state index < -0.39 is 5.41 Å². The van der Waals surface area contributed by atoms with Gasteiger partial charge < -0.3 is 5.11 Å². The van der Waals surface area contributed by atoms with E-state index in [0.717, 1.165) is 11.1 Å². The smallest absolute Gasteiger partial charge is 0.115 e. The second-order valence-corrected chi connectivity index (χ2v) is 4.15. The average molecular weight is 223 g/mol. The Morgan fingerprint density at radius 1 is 0.941 bits per heavy atom. The maximum absolute atomic E-state index is 9.45. The van der Waals surface area contributed by atoms with E-state index in [2.05, 4.69) is 6.07 Å². The zero-order valence-corrected chi connectivity index (χ0v) is 9.59. The third-order valence-corrected chi connectivity index (χ3v) is 3.02. The summed E-state index contributed by atoms with van der Waals surface area (Å²) in [5.41, 5.74) is 1.15. The van der Waals surface area contributed by atoms with Gasteiger partial charge in [-0.3, -0.25) is 0 Å². The molecule has 0 amide bonds. The van der Waals surface area contributed by atoms with Gasteiger partial charge in [0.25, 0.3) is 0 Å². The molecule has 0 aliphatic heterocycles. The van der Waals surface area contributed by atoms with Crippen molar-refractivity contribution in [3.8, 4) is 11.8 Å². The van der Waals surface area contributed by atoms with E-state index in [-0.39, 0.29) is 5.75 Å². The van der Waals surface area contributed by atoms with Gasteiger partial charge >= 0.3 is 0 Å². The first-order chi connectivity index (χ1) is 8.16. The largest absolute Gasteiger partial charge is 0.508 e. The normalized spacial score (nSPS) is 13.6. The van der Waals surface area contributed by atoms with Gasteiger partial charge in [-0.1, -0.05) is 42.5 Å². The van der Waals surface area contributed by atoms with E-state index >= 15 is 0 Å². The molecular weight excluding hydrogens is 210 g/mol. The van der Waals surface area contributed by atoms with Crippen LogP contribution < -0.4 is 0 Å². The lowest BCUT2D eigenvalue weighted by molar-refractivity contribution is 0.475. The second-order valence-electron chi connectivity index (χ2n) is 4.15. The summed E-state index contributed by atoms with van der Waals surface area (Å²) in [5, 5.41) is 18.7. The molecule has 0 fully saturated rings. The molecular formula is C15H13NO. The summed E-state index contributed by atoms with van der Waals surface area (Å²) in [6.45, 7) is 1.88. The summed E-state index contributed by atoms with van der Waals surface area (Å²) in [7, 11) is 0. The van der Waals surface area contributed by atoms with Crippen molar-refractivity contribution in [2.75, 3.05) is 0 Å². The zero-order chi connectivity index (χ0) is 12.3. The van der Waals surface area contributed by atoms with E-state index in [9.17, 15) is 10.4 Å². The molecule has 0 saturated carbocycles. The van der Waals surface area contributed by atoms with E-state index in [1.807, 2.05) is 37.3 Å². The van der Waals surface area contributed by atoms with Gasteiger partial charge in [0.1, 0.15) is 11.2 Å². The summed E-state index contributed by atoms with van der Waals surface area (Å²) < 4.78 is 0. The molecule has 0 radical (unpaired) electrons. The summed E-state index contributed by atoms with van der Waals surface area (Å²) in [6, 6.07) is 18.8. The van der Waals surface area contributed by atoms with Crippen molar-refractivity contribution in [3.05, 3.63) is 65.7 Å². The van der Waals surface area contributed by atoms with Crippen LogP contribution >= 0.6 is 0 Å². The highest BCUT2D eigenvalue weighted by atomic mass is 16.3. The van der Waals surface area contributed by atoms with Crippen molar-refractivity contribution in [2.45, 2.75) is 12.3 Å². The Kier molecular flexibility index (Phi) is 2.84. The summed E-state index contributed by atoms with van der Waals surface area (Å²) >= 11 is 0. The van der Waals surface area contributed by atoms with Gasteiger partial charge in [0.2, 0.25) is 0 Å². The lowest BCUT2D eigenvalue weighted by atomic mass is 9.78. The molecule has 0 aliphatic rings. The first-order valence-corrected chi connectivity index (χ1v) is 5.43. The summed E-state index contributed by atoms with van der Waals surface area (Å²) in [4.78, 5) is 0. The van der Waals surface area contributed by atoms with Gasteiger partial charge in [0.15, 0.2) is 0 Å². The molecule has 2 heteroatoms. The minimum Gasteiger partial charge on any atom is -0.508 e. The van der Waals surface area contributed by atoms with Crippen LogP contribution in [0.5, 0.6) is 5.75 Å². The minimum absolute atomic E-state index is 0.210. The van der Waals surface area contributed by atoms with Crippen molar-refractivity contribution in [1.29, 1.82) is 5.26 Å². The molecule has 1 atom stereocenters. The molecule has 0 aliphatic carbocycles. The second kappa shape index (κ2) is 4.31. The van der Waals surface area contributed by atoms with Crippen LogP contribution in [0, 0.1) is 11.3 Å². The van der Waals surface area contributed by atoms with E-state index in [4.69, 9.17) is 0 Å². The number of nitriles is 1. The highest BCUT2D eigenvalue weighted by Crippen LogP contribution is 2.31. The van der Waals surface area contributed by atoms with E-state index in [0.29, 0.717) is 0 Å². The van der Waals surface area contributed by atoms with Gasteiger partial charge in [0.05, 0.1) is 6.07 Å². The lowest BCUT2D eigenvalue weighted by Gasteiger charge is -2.22. The lowest BCUT2D eigenvalue weighted by Crippen LogP contribution is -2.20. The number of hydrogen-bond acceptors (Lipinski definition) is 2. The first-order valence-electron chi connectivity index (χ1n) is 5.43. The fraction of sp³-hybridized carbons (Fsp3) is 0.133. The number of phenolic OH excluding ortho intramolecular Hbond substituents is 1. The van der Waals surface area contributed by atoms with Crippen LogP contribution in [0.4, 0.5) is 0 Å². The Morgan fingerprint density at radius 2 is 1.47 bits per heavy atom. The molecule has 2 nitrogen and oxygen atoms in total. The number of aromatic hydroxyl groups is 1. The topological polar surface area (TPSA) is 44.0 Å². The van der Waals surface area contributed by atoms with E-state index in [1.54, 1.807) is 24.3 Å². The monoisotopic (exact) mass is 223 g/mol. The van der Waals surface area contributed by atoms with Crippen LogP contribution in [0.1, 0.15) is 18.1 Å². The molecule has 17 heavy (non-hydrogen) atoms. The molecule has 0 saturated heterocycles. The maximum atomic E-state index is 9.45. The van der Waals surface area contributed by atoms with Crippen LogP contribution in [0.3, 0.4) is 0 Å². The van der Waals surface area contributed by atoms with Crippen LogP contribution in [0.15, 0.2) is 54.6 Å². The highest BCUT2D eigenvalue weighted by Gasteiger charge is 2.28. The molecule has 0 heterocycles. The number of phenols is 1. The first kappa shape index (κ1) is 11.2. The predicted octanol–water partition coefficient (Wildman–Crippen LogP) is 3.22. The summed E-state index contributed by atoms with van der Waals surface area (Å²) in [5.74, 6) is 0.210. The highest BCUT2D eigenvalue weighted by molar-refractivity contribution is 5.45. The maximum Gasteiger partial charge on any atom is 0.115 e. The fourth-order valence-corrected chi connectivity index (χ4v) is 1.86. The molecule has 2 aromatic rings. The third kappa shape index (κ3) is 2.00. The van der Waals surface area contributed by atoms with Crippen molar-refractivity contribution < 1.29 is 5.11 Å². The van der Waals surface area contributed by atoms with E-state index in [1.165, 1.54) is 0 Å². The molecule has 1 N–H and O–H groups in total. The standard InChI is InChI=1S/C15H13NO/c1-15(11-16,12-5-3-2-4-6-12)13-7-9-14(17)10-8-13/h2-10,17H,1H3. The molecule has 0 aromatic heterocycles. The Bertz CT molecular complexity index is 539. The SMILES string of the molecule is CC(C#N)(c1ccccc1)c1ccc(O)cc1. The van der Waals surface area contributed by atoms with Crippen LogP contribution in [0.2, 0.25) is 0 Å². The molecule has 2 rings (SSSR count). The van der Waals surface area contributed by atoms with Gasteiger partial charge in [-0.2, -0.15) is 5.26 Å². The third-order valence-electron chi connectivity index (χ3n) is 3.02. The fourth-order valence-electron chi connectivity index (χ4n) is 1.86. The van der Waals surface area contributed by atoms with Crippen molar-refractivity contribution in [1.82, 2.24) is 0 Å². The average Bonchev–Trinajstić information content (AvgIpc) is 2.40.